The maximum atomic E-state index is 6.09. The number of hydrogen-bond donors (Lipinski definition) is 0. The van der Waals surface area contributed by atoms with Crippen LogP contribution < -0.4 is 4.74 Å². The van der Waals surface area contributed by atoms with Crippen LogP contribution in [0.3, 0.4) is 0 Å². The molecule has 0 saturated carbocycles. The summed E-state index contributed by atoms with van der Waals surface area (Å²) in [5, 5.41) is 3.90. The van der Waals surface area contributed by atoms with Gasteiger partial charge in [0.2, 0.25) is 0 Å². The minimum atomic E-state index is 0.818. The summed E-state index contributed by atoms with van der Waals surface area (Å²) >= 11 is 7.78. The summed E-state index contributed by atoms with van der Waals surface area (Å²) < 4.78 is 6.51. The Hall–Kier alpha value is -0.730. The first-order chi connectivity index (χ1) is 6.76. The predicted molar refractivity (Wildman–Crippen MR) is 62.8 cm³/mol. The van der Waals surface area contributed by atoms with Gasteiger partial charge in [-0.1, -0.05) is 18.5 Å². The Labute approximate surface area is 92.3 Å². The Morgan fingerprint density at radius 3 is 2.86 bits per heavy atom. The van der Waals surface area contributed by atoms with Crippen molar-refractivity contribution in [2.75, 3.05) is 7.11 Å². The fraction of sp³-hybridized carbons (Fsp3) is 0.273. The Morgan fingerprint density at radius 2 is 2.21 bits per heavy atom. The molecule has 3 heteroatoms. The molecule has 0 radical (unpaired) electrons. The highest BCUT2D eigenvalue weighted by atomic mass is 35.5. The topological polar surface area (TPSA) is 9.23 Å². The zero-order valence-electron chi connectivity index (χ0n) is 8.13. The highest BCUT2D eigenvalue weighted by Crippen LogP contribution is 2.35. The largest absolute Gasteiger partial charge is 0.497 e. The van der Waals surface area contributed by atoms with Crippen molar-refractivity contribution in [3.63, 3.8) is 0 Å². The molecule has 0 amide bonds. The molecule has 1 aromatic carbocycles. The number of benzene rings is 1. The molecular formula is C11H11ClOS. The first-order valence-electron chi connectivity index (χ1n) is 4.50. The zero-order valence-corrected chi connectivity index (χ0v) is 9.71. The molecule has 0 aliphatic carbocycles. The molecule has 0 N–H and O–H groups in total. The summed E-state index contributed by atoms with van der Waals surface area (Å²) in [5.74, 6) is 0.884. The standard InChI is InChI=1S/C11H11ClOS/c1-3-7-4-8(13-2)5-9-10(12)6-14-11(7)9/h4-6H,3H2,1-2H3. The van der Waals surface area contributed by atoms with Crippen molar-refractivity contribution >= 4 is 33.0 Å². The molecule has 14 heavy (non-hydrogen) atoms. The lowest BCUT2D eigenvalue weighted by molar-refractivity contribution is 0.415. The number of halogens is 1. The number of hydrogen-bond acceptors (Lipinski definition) is 2. The molecule has 0 bridgehead atoms. The third kappa shape index (κ3) is 1.49. The molecule has 0 unspecified atom stereocenters. The predicted octanol–water partition coefficient (Wildman–Crippen LogP) is 4.13. The minimum absolute atomic E-state index is 0.818. The van der Waals surface area contributed by atoms with E-state index in [9.17, 15) is 0 Å². The van der Waals surface area contributed by atoms with Crippen LogP contribution in [-0.2, 0) is 6.42 Å². The Balaban J connectivity index is 2.76. The van der Waals surface area contributed by atoms with E-state index in [1.165, 1.54) is 10.3 Å². The summed E-state index contributed by atoms with van der Waals surface area (Å²) in [7, 11) is 1.68. The second kappa shape index (κ2) is 3.79. The monoisotopic (exact) mass is 226 g/mol. The van der Waals surface area contributed by atoms with E-state index in [0.717, 1.165) is 22.6 Å². The number of aryl methyl sites for hydroxylation is 1. The summed E-state index contributed by atoms with van der Waals surface area (Å²) in [6, 6.07) is 4.07. The van der Waals surface area contributed by atoms with E-state index < -0.39 is 0 Å². The van der Waals surface area contributed by atoms with Crippen LogP contribution in [0.2, 0.25) is 5.02 Å². The van der Waals surface area contributed by atoms with Crippen LogP contribution in [0.25, 0.3) is 10.1 Å². The molecule has 74 valence electrons. The van der Waals surface area contributed by atoms with Gasteiger partial charge in [0.1, 0.15) is 5.75 Å². The summed E-state index contributed by atoms with van der Waals surface area (Å²) in [6.07, 6.45) is 1.00. The maximum absolute atomic E-state index is 6.09. The molecule has 0 atom stereocenters. The molecule has 0 fully saturated rings. The van der Waals surface area contributed by atoms with Crippen LogP contribution in [0.1, 0.15) is 12.5 Å². The van der Waals surface area contributed by atoms with Crippen LogP contribution in [-0.4, -0.2) is 7.11 Å². The highest BCUT2D eigenvalue weighted by molar-refractivity contribution is 7.18. The van der Waals surface area contributed by atoms with Gasteiger partial charge >= 0.3 is 0 Å². The molecule has 0 spiro atoms. The minimum Gasteiger partial charge on any atom is -0.497 e. The fourth-order valence-electron chi connectivity index (χ4n) is 1.53. The van der Waals surface area contributed by atoms with Crippen molar-refractivity contribution in [1.29, 1.82) is 0 Å². The van der Waals surface area contributed by atoms with E-state index in [1.807, 2.05) is 11.4 Å². The van der Waals surface area contributed by atoms with Crippen LogP contribution in [0.4, 0.5) is 0 Å². The number of methoxy groups -OCH3 is 1. The third-order valence-corrected chi connectivity index (χ3v) is 3.81. The van der Waals surface area contributed by atoms with Crippen molar-refractivity contribution in [3.05, 3.63) is 28.1 Å². The first-order valence-corrected chi connectivity index (χ1v) is 5.75. The second-order valence-corrected chi connectivity index (χ2v) is 4.39. The van der Waals surface area contributed by atoms with Crippen LogP contribution in [0.15, 0.2) is 17.5 Å². The molecule has 2 aromatic rings. The zero-order chi connectivity index (χ0) is 10.1. The van der Waals surface area contributed by atoms with Crippen molar-refractivity contribution in [2.24, 2.45) is 0 Å². The summed E-state index contributed by atoms with van der Waals surface area (Å²) in [4.78, 5) is 0. The van der Waals surface area contributed by atoms with Gasteiger partial charge in [-0.3, -0.25) is 0 Å². The average molecular weight is 227 g/mol. The summed E-state index contributed by atoms with van der Waals surface area (Å²) in [5.41, 5.74) is 1.30. The highest BCUT2D eigenvalue weighted by Gasteiger charge is 2.08. The van der Waals surface area contributed by atoms with Gasteiger partial charge in [0.05, 0.1) is 12.1 Å². The van der Waals surface area contributed by atoms with Crippen LogP contribution >= 0.6 is 22.9 Å². The van der Waals surface area contributed by atoms with Gasteiger partial charge in [0, 0.05) is 15.5 Å². The van der Waals surface area contributed by atoms with Crippen molar-refractivity contribution < 1.29 is 4.74 Å². The van der Waals surface area contributed by atoms with Gasteiger partial charge in [0.15, 0.2) is 0 Å². The van der Waals surface area contributed by atoms with E-state index in [-0.39, 0.29) is 0 Å². The van der Waals surface area contributed by atoms with E-state index in [0.29, 0.717) is 0 Å². The SMILES string of the molecule is CCc1cc(OC)cc2c(Cl)csc12. The van der Waals surface area contributed by atoms with Gasteiger partial charge in [-0.05, 0) is 24.1 Å². The molecule has 1 heterocycles. The number of fused-ring (bicyclic) bond motifs is 1. The van der Waals surface area contributed by atoms with Crippen LogP contribution in [0, 0.1) is 0 Å². The van der Waals surface area contributed by atoms with E-state index in [1.54, 1.807) is 18.4 Å². The molecule has 2 rings (SSSR count). The maximum Gasteiger partial charge on any atom is 0.119 e. The van der Waals surface area contributed by atoms with Gasteiger partial charge in [0.25, 0.3) is 0 Å². The lowest BCUT2D eigenvalue weighted by Crippen LogP contribution is -1.86. The van der Waals surface area contributed by atoms with E-state index in [2.05, 4.69) is 13.0 Å². The molecule has 0 aliphatic heterocycles. The smallest absolute Gasteiger partial charge is 0.119 e. The number of rotatable bonds is 2. The average Bonchev–Trinajstić information content (AvgIpc) is 2.59. The molecule has 1 aromatic heterocycles. The fourth-order valence-corrected chi connectivity index (χ4v) is 2.87. The molecule has 0 aliphatic rings. The van der Waals surface area contributed by atoms with Gasteiger partial charge in [-0.25, -0.2) is 0 Å². The number of thiophene rings is 1. The van der Waals surface area contributed by atoms with E-state index >= 15 is 0 Å². The Bertz CT molecular complexity index is 462. The lowest BCUT2D eigenvalue weighted by Gasteiger charge is -2.04. The number of ether oxygens (including phenoxy) is 1. The molecular weight excluding hydrogens is 216 g/mol. The lowest BCUT2D eigenvalue weighted by atomic mass is 10.1. The van der Waals surface area contributed by atoms with Crippen molar-refractivity contribution in [1.82, 2.24) is 0 Å². The quantitative estimate of drug-likeness (QED) is 0.749. The first kappa shape index (κ1) is 9.81. The Kier molecular flexibility index (Phi) is 2.66. The molecule has 0 saturated heterocycles. The Morgan fingerprint density at radius 1 is 1.43 bits per heavy atom. The van der Waals surface area contributed by atoms with Crippen LogP contribution in [0.5, 0.6) is 5.75 Å². The third-order valence-electron chi connectivity index (χ3n) is 2.29. The van der Waals surface area contributed by atoms with Gasteiger partial charge in [-0.15, -0.1) is 11.3 Å². The summed E-state index contributed by atoms with van der Waals surface area (Å²) in [6.45, 7) is 2.14. The van der Waals surface area contributed by atoms with Crippen molar-refractivity contribution in [3.8, 4) is 5.75 Å². The van der Waals surface area contributed by atoms with Gasteiger partial charge in [-0.2, -0.15) is 0 Å². The second-order valence-electron chi connectivity index (χ2n) is 3.10. The van der Waals surface area contributed by atoms with Crippen molar-refractivity contribution in [2.45, 2.75) is 13.3 Å². The molecule has 1 nitrogen and oxygen atoms in total. The van der Waals surface area contributed by atoms with E-state index in [4.69, 9.17) is 16.3 Å². The normalized spacial score (nSPS) is 10.8. The van der Waals surface area contributed by atoms with Gasteiger partial charge < -0.3 is 4.74 Å².